The first-order valence-electron chi connectivity index (χ1n) is 3.63. The number of hydrogen-bond acceptors (Lipinski definition) is 1. The van der Waals surface area contributed by atoms with Crippen LogP contribution in [-0.4, -0.2) is 14.8 Å². The van der Waals surface area contributed by atoms with Crippen LogP contribution in [-0.2, 0) is 0 Å². The molecule has 0 nitrogen and oxygen atoms in total. The number of hydrogen-bond donors (Lipinski definition) is 0. The first kappa shape index (κ1) is 13.0. The number of alkyl halides is 3. The van der Waals surface area contributed by atoms with Gasteiger partial charge < -0.3 is 0 Å². The van der Waals surface area contributed by atoms with Gasteiger partial charge >= 0.3 is 0 Å². The Morgan fingerprint density at radius 2 is 2.08 bits per heavy atom. The zero-order chi connectivity index (χ0) is 9.78. The summed E-state index contributed by atoms with van der Waals surface area (Å²) in [6.45, 7) is 5.75. The van der Waals surface area contributed by atoms with Crippen LogP contribution in [0.4, 0.5) is 0 Å². The van der Waals surface area contributed by atoms with Crippen LogP contribution in [0, 0.1) is 0 Å². The first-order valence-corrected chi connectivity index (χ1v) is 5.87. The van der Waals surface area contributed by atoms with Crippen LogP contribution in [0.3, 0.4) is 0 Å². The largest absolute Gasteiger partial charge is 0.140 e. The van der Waals surface area contributed by atoms with Gasteiger partial charge in [0, 0.05) is 5.75 Å². The maximum atomic E-state index is 5.93. The van der Waals surface area contributed by atoms with Crippen molar-refractivity contribution in [3.63, 3.8) is 0 Å². The normalized spacial score (nSPS) is 16.3. The molecule has 0 aromatic heterocycles. The van der Waals surface area contributed by atoms with Crippen molar-refractivity contribution in [1.29, 1.82) is 0 Å². The quantitative estimate of drug-likeness (QED) is 0.523. The lowest BCUT2D eigenvalue weighted by Gasteiger charge is -2.19. The second kappa shape index (κ2) is 5.64. The third kappa shape index (κ3) is 5.58. The van der Waals surface area contributed by atoms with Crippen molar-refractivity contribution in [2.45, 2.75) is 29.8 Å². The Hall–Kier alpha value is 0.960. The summed E-state index contributed by atoms with van der Waals surface area (Å²) in [5, 5.41) is 0. The number of thioether (sulfide) groups is 1. The van der Waals surface area contributed by atoms with E-state index in [9.17, 15) is 0 Å². The molecule has 0 rings (SSSR count). The minimum atomic E-state index is -0.861. The number of rotatable bonds is 4. The lowest BCUT2D eigenvalue weighted by molar-refractivity contribution is 0.960. The first-order chi connectivity index (χ1) is 5.38. The standard InChI is InChI=1S/C8H13Cl3S/c1-4-6(2)5-12-7(9)8(3,10)11/h4,7H,5H2,1-3H3/b6-4-. The van der Waals surface area contributed by atoms with Crippen LogP contribution < -0.4 is 0 Å². The van der Waals surface area contributed by atoms with Crippen molar-refractivity contribution in [3.05, 3.63) is 11.6 Å². The molecule has 0 aromatic carbocycles. The van der Waals surface area contributed by atoms with E-state index in [1.54, 1.807) is 18.7 Å². The highest BCUT2D eigenvalue weighted by molar-refractivity contribution is 8.01. The molecule has 4 heteroatoms. The van der Waals surface area contributed by atoms with Crippen LogP contribution in [0.2, 0.25) is 0 Å². The van der Waals surface area contributed by atoms with Gasteiger partial charge in [0.1, 0.15) is 9.04 Å². The molecule has 0 saturated heterocycles. The fourth-order valence-electron chi connectivity index (χ4n) is 0.434. The maximum absolute atomic E-state index is 5.93. The maximum Gasteiger partial charge on any atom is 0.140 e. The molecule has 0 saturated carbocycles. The Morgan fingerprint density at radius 1 is 1.58 bits per heavy atom. The molecule has 0 amide bonds. The Labute approximate surface area is 93.6 Å². The molecule has 0 heterocycles. The molecule has 0 aliphatic heterocycles. The van der Waals surface area contributed by atoms with Crippen molar-refractivity contribution in [3.8, 4) is 0 Å². The molecule has 0 aliphatic carbocycles. The van der Waals surface area contributed by atoms with Crippen molar-refractivity contribution in [2.24, 2.45) is 0 Å². The molecule has 0 aliphatic rings. The van der Waals surface area contributed by atoms with E-state index in [1.807, 2.05) is 6.92 Å². The topological polar surface area (TPSA) is 0 Å². The third-order valence-electron chi connectivity index (χ3n) is 1.35. The lowest BCUT2D eigenvalue weighted by atomic mass is 10.3. The summed E-state index contributed by atoms with van der Waals surface area (Å²) in [6, 6.07) is 0. The molecule has 0 radical (unpaired) electrons. The molecule has 1 unspecified atom stereocenters. The Morgan fingerprint density at radius 3 is 2.42 bits per heavy atom. The Kier molecular flexibility index (Phi) is 6.09. The molecule has 0 bridgehead atoms. The smallest absolute Gasteiger partial charge is 0.135 e. The molecule has 1 atom stereocenters. The fourth-order valence-corrected chi connectivity index (χ4v) is 1.87. The summed E-state index contributed by atoms with van der Waals surface area (Å²) >= 11 is 19.1. The Bertz CT molecular complexity index is 160. The van der Waals surface area contributed by atoms with Crippen LogP contribution in [0.1, 0.15) is 20.8 Å². The minimum absolute atomic E-state index is 0.268. The second-order valence-electron chi connectivity index (χ2n) is 2.72. The van der Waals surface area contributed by atoms with E-state index in [0.717, 1.165) is 5.75 Å². The van der Waals surface area contributed by atoms with Crippen molar-refractivity contribution < 1.29 is 0 Å². The summed E-state index contributed by atoms with van der Waals surface area (Å²) in [5.74, 6) is 0.875. The molecule has 0 aromatic rings. The van der Waals surface area contributed by atoms with Gasteiger partial charge in [-0.05, 0) is 20.8 Å². The van der Waals surface area contributed by atoms with Crippen LogP contribution >= 0.6 is 46.6 Å². The zero-order valence-corrected chi connectivity index (χ0v) is 10.5. The minimum Gasteiger partial charge on any atom is -0.135 e. The molecule has 0 fully saturated rings. The predicted molar refractivity (Wildman–Crippen MR) is 61.6 cm³/mol. The monoisotopic (exact) mass is 246 g/mol. The summed E-state index contributed by atoms with van der Waals surface area (Å²) in [4.78, 5) is 0. The average Bonchev–Trinajstić information content (AvgIpc) is 1.97. The van der Waals surface area contributed by atoms with E-state index < -0.39 is 4.33 Å². The van der Waals surface area contributed by atoms with Gasteiger partial charge in [0.15, 0.2) is 0 Å². The van der Waals surface area contributed by atoms with E-state index in [0.29, 0.717) is 0 Å². The SMILES string of the molecule is C/C=C(/C)CSC(Cl)C(C)(Cl)Cl. The van der Waals surface area contributed by atoms with Gasteiger partial charge in [-0.2, -0.15) is 0 Å². The summed E-state index contributed by atoms with van der Waals surface area (Å²) < 4.78 is -1.13. The van der Waals surface area contributed by atoms with Gasteiger partial charge in [0.2, 0.25) is 0 Å². The summed E-state index contributed by atoms with van der Waals surface area (Å²) in [7, 11) is 0. The number of allylic oxidation sites excluding steroid dienone is 1. The van der Waals surface area contributed by atoms with Crippen LogP contribution in [0.5, 0.6) is 0 Å². The molecular formula is C8H13Cl3S. The van der Waals surface area contributed by atoms with Gasteiger partial charge in [0.05, 0.1) is 0 Å². The third-order valence-corrected chi connectivity index (χ3v) is 4.47. The molecule has 0 spiro atoms. The summed E-state index contributed by atoms with van der Waals surface area (Å²) in [6.07, 6.45) is 2.05. The predicted octanol–water partition coefficient (Wildman–Crippen LogP) is 4.44. The van der Waals surface area contributed by atoms with Gasteiger partial charge in [-0.25, -0.2) is 0 Å². The van der Waals surface area contributed by atoms with E-state index in [4.69, 9.17) is 34.8 Å². The fraction of sp³-hybridized carbons (Fsp3) is 0.750. The van der Waals surface area contributed by atoms with Crippen molar-refractivity contribution >= 4 is 46.6 Å². The van der Waals surface area contributed by atoms with Gasteiger partial charge in [-0.15, -0.1) is 23.4 Å². The highest BCUT2D eigenvalue weighted by atomic mass is 35.5. The number of halogens is 3. The molecular weight excluding hydrogens is 235 g/mol. The lowest BCUT2D eigenvalue weighted by Crippen LogP contribution is -2.19. The van der Waals surface area contributed by atoms with E-state index >= 15 is 0 Å². The van der Waals surface area contributed by atoms with Crippen molar-refractivity contribution in [2.75, 3.05) is 5.75 Å². The molecule has 0 N–H and O–H groups in total. The van der Waals surface area contributed by atoms with Crippen LogP contribution in [0.25, 0.3) is 0 Å². The zero-order valence-electron chi connectivity index (χ0n) is 7.40. The van der Waals surface area contributed by atoms with E-state index in [1.165, 1.54) is 5.57 Å². The van der Waals surface area contributed by atoms with E-state index in [2.05, 4.69) is 13.0 Å². The second-order valence-corrected chi connectivity index (χ2v) is 6.27. The Balaban J connectivity index is 3.80. The average molecular weight is 248 g/mol. The van der Waals surface area contributed by atoms with Crippen molar-refractivity contribution in [1.82, 2.24) is 0 Å². The van der Waals surface area contributed by atoms with E-state index in [-0.39, 0.29) is 4.71 Å². The molecule has 72 valence electrons. The van der Waals surface area contributed by atoms with Gasteiger partial charge in [0.25, 0.3) is 0 Å². The molecule has 12 heavy (non-hydrogen) atoms. The van der Waals surface area contributed by atoms with Gasteiger partial charge in [-0.1, -0.05) is 34.9 Å². The highest BCUT2D eigenvalue weighted by Crippen LogP contribution is 2.36. The van der Waals surface area contributed by atoms with Gasteiger partial charge in [-0.3, -0.25) is 0 Å². The summed E-state index contributed by atoms with van der Waals surface area (Å²) in [5.41, 5.74) is 1.28. The van der Waals surface area contributed by atoms with Crippen LogP contribution in [0.15, 0.2) is 11.6 Å². The highest BCUT2D eigenvalue weighted by Gasteiger charge is 2.27.